The van der Waals surface area contributed by atoms with Crippen LogP contribution in [-0.2, 0) is 0 Å². The lowest BCUT2D eigenvalue weighted by Crippen LogP contribution is -1.99. The van der Waals surface area contributed by atoms with Gasteiger partial charge in [0.15, 0.2) is 0 Å². The van der Waals surface area contributed by atoms with E-state index in [4.69, 9.17) is 22.0 Å². The van der Waals surface area contributed by atoms with Gasteiger partial charge in [0.25, 0.3) is 0 Å². The topological polar surface area (TPSA) is 73.4 Å². The van der Waals surface area contributed by atoms with Crippen LogP contribution >= 0.6 is 11.6 Å². The van der Waals surface area contributed by atoms with Gasteiger partial charge in [-0.1, -0.05) is 17.7 Å². The molecule has 0 bridgehead atoms. The number of nitriles is 1. The number of aromatic carboxylic acids is 1. The molecule has 0 fully saturated rings. The van der Waals surface area contributed by atoms with Crippen molar-refractivity contribution in [2.24, 2.45) is 4.99 Å². The summed E-state index contributed by atoms with van der Waals surface area (Å²) in [7, 11) is 0. The molecule has 1 aliphatic rings. The minimum atomic E-state index is -0.974. The Kier molecular flexibility index (Phi) is 4.21. The Balaban J connectivity index is 2.55. The van der Waals surface area contributed by atoms with Gasteiger partial charge in [-0.2, -0.15) is 5.26 Å². The van der Waals surface area contributed by atoms with E-state index in [0.29, 0.717) is 18.6 Å². The zero-order chi connectivity index (χ0) is 14.7. The Morgan fingerprint density at radius 3 is 2.85 bits per heavy atom. The average Bonchev–Trinajstić information content (AvgIpc) is 2.60. The first-order valence-corrected chi connectivity index (χ1v) is 6.61. The fraction of sp³-hybridized carbons (Fsp3) is 0.267. The van der Waals surface area contributed by atoms with Crippen molar-refractivity contribution in [1.82, 2.24) is 0 Å². The van der Waals surface area contributed by atoms with Crippen molar-refractivity contribution in [3.8, 4) is 6.07 Å². The first-order chi connectivity index (χ1) is 9.52. The molecule has 2 rings (SSSR count). The second-order valence-corrected chi connectivity index (χ2v) is 4.99. The normalized spacial score (nSPS) is 15.3. The monoisotopic (exact) mass is 288 g/mol. The lowest BCUT2D eigenvalue weighted by atomic mass is 9.95. The third-order valence-electron chi connectivity index (χ3n) is 3.26. The van der Waals surface area contributed by atoms with E-state index in [9.17, 15) is 4.79 Å². The average molecular weight is 289 g/mol. The van der Waals surface area contributed by atoms with E-state index >= 15 is 0 Å². The number of hydrogen-bond acceptors (Lipinski definition) is 3. The zero-order valence-corrected chi connectivity index (χ0v) is 11.7. The van der Waals surface area contributed by atoms with E-state index in [2.05, 4.69) is 4.99 Å². The smallest absolute Gasteiger partial charge is 0.335 e. The molecule has 0 amide bonds. The first kappa shape index (κ1) is 14.3. The summed E-state index contributed by atoms with van der Waals surface area (Å²) in [5.41, 5.74) is 3.17. The standard InChI is InChI=1S/C15H13ClN2O2/c1-9-5-6-10(15(19)20)7-13(9)12-4-2-3-11(8-17)18-14(12)16/h5-7H,2-4H2,1H3,(H,19,20). The predicted molar refractivity (Wildman–Crippen MR) is 77.8 cm³/mol. The van der Waals surface area contributed by atoms with Gasteiger partial charge < -0.3 is 5.11 Å². The number of carbonyl (C=O) groups is 1. The van der Waals surface area contributed by atoms with Crippen LogP contribution in [0.3, 0.4) is 0 Å². The SMILES string of the molecule is Cc1ccc(C(=O)O)cc1C1=C(Cl)N=C(C#N)CCC1. The maximum absolute atomic E-state index is 11.1. The number of carboxylic acid groups (broad SMARTS) is 1. The number of allylic oxidation sites excluding steroid dienone is 1. The molecule has 0 saturated carbocycles. The number of rotatable bonds is 2. The number of benzene rings is 1. The molecule has 1 aromatic carbocycles. The third kappa shape index (κ3) is 2.89. The van der Waals surface area contributed by atoms with Crippen molar-refractivity contribution in [3.05, 3.63) is 40.0 Å². The summed E-state index contributed by atoms with van der Waals surface area (Å²) in [6.45, 7) is 1.90. The number of halogens is 1. The summed E-state index contributed by atoms with van der Waals surface area (Å²) < 4.78 is 0. The number of nitrogens with zero attached hydrogens (tertiary/aromatic N) is 2. The Hall–Kier alpha value is -2.12. The second kappa shape index (κ2) is 5.89. The van der Waals surface area contributed by atoms with Gasteiger partial charge in [0.2, 0.25) is 0 Å². The fourth-order valence-electron chi connectivity index (χ4n) is 2.18. The van der Waals surface area contributed by atoms with E-state index < -0.39 is 5.97 Å². The van der Waals surface area contributed by atoms with E-state index in [1.54, 1.807) is 18.2 Å². The molecule has 0 spiro atoms. The van der Waals surface area contributed by atoms with Crippen LogP contribution in [-0.4, -0.2) is 16.8 Å². The molecule has 102 valence electrons. The van der Waals surface area contributed by atoms with Gasteiger partial charge in [0.05, 0.1) is 5.56 Å². The molecular weight excluding hydrogens is 276 g/mol. The minimum absolute atomic E-state index is 0.219. The fourth-order valence-corrected chi connectivity index (χ4v) is 2.48. The molecular formula is C15H13ClN2O2. The Morgan fingerprint density at radius 1 is 1.45 bits per heavy atom. The van der Waals surface area contributed by atoms with Crippen LogP contribution in [0.4, 0.5) is 0 Å². The van der Waals surface area contributed by atoms with Crippen LogP contribution in [0, 0.1) is 18.3 Å². The molecule has 1 aromatic rings. The molecule has 0 saturated heterocycles. The second-order valence-electron chi connectivity index (χ2n) is 4.63. The highest BCUT2D eigenvalue weighted by atomic mass is 35.5. The highest BCUT2D eigenvalue weighted by molar-refractivity contribution is 6.33. The van der Waals surface area contributed by atoms with Gasteiger partial charge >= 0.3 is 5.97 Å². The summed E-state index contributed by atoms with van der Waals surface area (Å²) >= 11 is 6.19. The van der Waals surface area contributed by atoms with E-state index in [1.165, 1.54) is 0 Å². The third-order valence-corrected chi connectivity index (χ3v) is 3.57. The van der Waals surface area contributed by atoms with Crippen molar-refractivity contribution in [3.63, 3.8) is 0 Å². The van der Waals surface area contributed by atoms with Crippen molar-refractivity contribution >= 4 is 28.9 Å². The first-order valence-electron chi connectivity index (χ1n) is 6.23. The van der Waals surface area contributed by atoms with Gasteiger partial charge in [-0.05, 0) is 48.6 Å². The van der Waals surface area contributed by atoms with Gasteiger partial charge in [-0.15, -0.1) is 0 Å². The lowest BCUT2D eigenvalue weighted by molar-refractivity contribution is 0.0697. The summed E-state index contributed by atoms with van der Waals surface area (Å²) in [4.78, 5) is 15.2. The van der Waals surface area contributed by atoms with Gasteiger partial charge in [0.1, 0.15) is 16.9 Å². The zero-order valence-electron chi connectivity index (χ0n) is 11.0. The summed E-state index contributed by atoms with van der Waals surface area (Å²) in [5.74, 6) is -0.974. The molecule has 4 nitrogen and oxygen atoms in total. The number of aryl methyl sites for hydroxylation is 1. The Labute approximate surface area is 122 Å². The number of hydrogen-bond donors (Lipinski definition) is 1. The van der Waals surface area contributed by atoms with Gasteiger partial charge in [0, 0.05) is 6.42 Å². The predicted octanol–water partition coefficient (Wildman–Crippen LogP) is 3.75. The molecule has 0 unspecified atom stereocenters. The minimum Gasteiger partial charge on any atom is -0.478 e. The van der Waals surface area contributed by atoms with Gasteiger partial charge in [-0.25, -0.2) is 9.79 Å². The van der Waals surface area contributed by atoms with Crippen LogP contribution in [0.2, 0.25) is 0 Å². The lowest BCUT2D eigenvalue weighted by Gasteiger charge is -2.11. The molecule has 1 heterocycles. The summed E-state index contributed by atoms with van der Waals surface area (Å²) in [5, 5.41) is 18.3. The molecule has 5 heteroatoms. The molecule has 0 atom stereocenters. The number of carboxylic acids is 1. The molecule has 0 aromatic heterocycles. The largest absolute Gasteiger partial charge is 0.478 e. The Morgan fingerprint density at radius 2 is 2.20 bits per heavy atom. The molecule has 20 heavy (non-hydrogen) atoms. The molecule has 1 aliphatic heterocycles. The summed E-state index contributed by atoms with van der Waals surface area (Å²) in [6.07, 6.45) is 2.04. The number of aliphatic imine (C=N–C) groups is 1. The van der Waals surface area contributed by atoms with Gasteiger partial charge in [-0.3, -0.25) is 0 Å². The van der Waals surface area contributed by atoms with Crippen LogP contribution in [0.15, 0.2) is 28.3 Å². The van der Waals surface area contributed by atoms with Crippen molar-refractivity contribution < 1.29 is 9.90 Å². The van der Waals surface area contributed by atoms with Crippen molar-refractivity contribution in [1.29, 1.82) is 5.26 Å². The maximum atomic E-state index is 11.1. The highest BCUT2D eigenvalue weighted by Crippen LogP contribution is 2.32. The summed E-state index contributed by atoms with van der Waals surface area (Å²) in [6, 6.07) is 6.97. The van der Waals surface area contributed by atoms with Crippen LogP contribution in [0.25, 0.3) is 5.57 Å². The van der Waals surface area contributed by atoms with E-state index in [-0.39, 0.29) is 10.7 Å². The highest BCUT2D eigenvalue weighted by Gasteiger charge is 2.16. The molecule has 1 N–H and O–H groups in total. The van der Waals surface area contributed by atoms with E-state index in [1.807, 2.05) is 13.0 Å². The van der Waals surface area contributed by atoms with Crippen molar-refractivity contribution in [2.45, 2.75) is 26.2 Å². The van der Waals surface area contributed by atoms with Crippen LogP contribution in [0.1, 0.15) is 40.7 Å². The Bertz CT molecular complexity index is 669. The molecule has 0 radical (unpaired) electrons. The quantitative estimate of drug-likeness (QED) is 0.842. The maximum Gasteiger partial charge on any atom is 0.335 e. The molecule has 0 aliphatic carbocycles. The van der Waals surface area contributed by atoms with Crippen LogP contribution in [0.5, 0.6) is 0 Å². The van der Waals surface area contributed by atoms with E-state index in [0.717, 1.165) is 23.1 Å². The van der Waals surface area contributed by atoms with Crippen LogP contribution < -0.4 is 0 Å². The van der Waals surface area contributed by atoms with Crippen molar-refractivity contribution in [2.75, 3.05) is 0 Å².